The molecule has 88 valence electrons. The Bertz CT molecular complexity index is 466. The van der Waals surface area contributed by atoms with Crippen molar-refractivity contribution in [2.75, 3.05) is 18.0 Å². The maximum Gasteiger partial charge on any atom is 0.252 e. The average molecular weight is 230 g/mol. The third-order valence-electron chi connectivity index (χ3n) is 2.96. The van der Waals surface area contributed by atoms with Crippen molar-refractivity contribution >= 4 is 11.7 Å². The SMILES string of the molecule is N#CC1CCCN(c2ncccc2C(N)=O)C1. The van der Waals surface area contributed by atoms with Gasteiger partial charge in [0.1, 0.15) is 5.82 Å². The number of nitrogens with zero attached hydrogens (tertiary/aromatic N) is 3. The molecule has 0 aliphatic carbocycles. The van der Waals surface area contributed by atoms with Crippen molar-refractivity contribution in [3.63, 3.8) is 0 Å². The normalized spacial score (nSPS) is 19.7. The quantitative estimate of drug-likeness (QED) is 0.818. The standard InChI is InChI=1S/C12H14N4O/c13-7-9-3-2-6-16(8-9)12-10(11(14)17)4-1-5-15-12/h1,4-5,9H,2-3,6,8H2,(H2,14,17). The van der Waals surface area contributed by atoms with Crippen LogP contribution >= 0.6 is 0 Å². The molecule has 1 atom stereocenters. The van der Waals surface area contributed by atoms with Crippen molar-refractivity contribution in [2.45, 2.75) is 12.8 Å². The highest BCUT2D eigenvalue weighted by Crippen LogP contribution is 2.23. The Balaban J connectivity index is 2.28. The van der Waals surface area contributed by atoms with Crippen LogP contribution in [0.3, 0.4) is 0 Å². The number of nitriles is 1. The molecule has 1 fully saturated rings. The fraction of sp³-hybridized carbons (Fsp3) is 0.417. The molecule has 0 saturated carbocycles. The maximum atomic E-state index is 11.3. The molecule has 0 bridgehead atoms. The number of nitrogens with two attached hydrogens (primary N) is 1. The van der Waals surface area contributed by atoms with E-state index >= 15 is 0 Å². The highest BCUT2D eigenvalue weighted by atomic mass is 16.1. The monoisotopic (exact) mass is 230 g/mol. The van der Waals surface area contributed by atoms with Crippen LogP contribution in [0.15, 0.2) is 18.3 Å². The fourth-order valence-electron chi connectivity index (χ4n) is 2.12. The summed E-state index contributed by atoms with van der Waals surface area (Å²) in [7, 11) is 0. The Morgan fingerprint density at radius 3 is 3.18 bits per heavy atom. The van der Waals surface area contributed by atoms with E-state index in [0.29, 0.717) is 17.9 Å². The van der Waals surface area contributed by atoms with Crippen LogP contribution < -0.4 is 10.6 Å². The number of amides is 1. The molecule has 2 N–H and O–H groups in total. The molecule has 17 heavy (non-hydrogen) atoms. The molecule has 2 heterocycles. The van der Waals surface area contributed by atoms with Gasteiger partial charge in [-0.15, -0.1) is 0 Å². The van der Waals surface area contributed by atoms with Gasteiger partial charge >= 0.3 is 0 Å². The lowest BCUT2D eigenvalue weighted by Gasteiger charge is -2.31. The van der Waals surface area contributed by atoms with E-state index in [1.54, 1.807) is 18.3 Å². The van der Waals surface area contributed by atoms with E-state index in [9.17, 15) is 4.79 Å². The third kappa shape index (κ3) is 2.36. The van der Waals surface area contributed by atoms with E-state index in [4.69, 9.17) is 11.0 Å². The molecule has 1 aliphatic heterocycles. The lowest BCUT2D eigenvalue weighted by Crippen LogP contribution is -2.36. The number of anilines is 1. The van der Waals surface area contributed by atoms with Crippen LogP contribution in [0.1, 0.15) is 23.2 Å². The molecule has 1 saturated heterocycles. The number of primary amides is 1. The van der Waals surface area contributed by atoms with Crippen molar-refractivity contribution in [2.24, 2.45) is 11.7 Å². The summed E-state index contributed by atoms with van der Waals surface area (Å²) >= 11 is 0. The van der Waals surface area contributed by atoms with Crippen LogP contribution in [0, 0.1) is 17.2 Å². The van der Waals surface area contributed by atoms with E-state index in [-0.39, 0.29) is 5.92 Å². The summed E-state index contributed by atoms with van der Waals surface area (Å²) in [5.41, 5.74) is 5.74. The van der Waals surface area contributed by atoms with Gasteiger partial charge in [0.05, 0.1) is 17.6 Å². The van der Waals surface area contributed by atoms with Crippen molar-refractivity contribution in [3.8, 4) is 6.07 Å². The number of pyridine rings is 1. The third-order valence-corrected chi connectivity index (χ3v) is 2.96. The van der Waals surface area contributed by atoms with Gasteiger partial charge in [-0.05, 0) is 25.0 Å². The summed E-state index contributed by atoms with van der Waals surface area (Å²) in [6.45, 7) is 1.43. The van der Waals surface area contributed by atoms with Crippen LogP contribution in [0.2, 0.25) is 0 Å². The largest absolute Gasteiger partial charge is 0.365 e. The van der Waals surface area contributed by atoms with Gasteiger partial charge in [-0.1, -0.05) is 0 Å². The fourth-order valence-corrected chi connectivity index (χ4v) is 2.12. The van der Waals surface area contributed by atoms with Crippen LogP contribution in [0.5, 0.6) is 0 Å². The second-order valence-electron chi connectivity index (χ2n) is 4.15. The summed E-state index contributed by atoms with van der Waals surface area (Å²) < 4.78 is 0. The molecule has 0 radical (unpaired) electrons. The van der Waals surface area contributed by atoms with Gasteiger partial charge in [0, 0.05) is 19.3 Å². The highest BCUT2D eigenvalue weighted by molar-refractivity contribution is 5.97. The van der Waals surface area contributed by atoms with E-state index in [2.05, 4.69) is 11.1 Å². The molecule has 1 aliphatic rings. The Morgan fingerprint density at radius 2 is 2.47 bits per heavy atom. The topological polar surface area (TPSA) is 83.0 Å². The molecule has 1 aromatic heterocycles. The number of carbonyl (C=O) groups is 1. The molecular weight excluding hydrogens is 216 g/mol. The summed E-state index contributed by atoms with van der Waals surface area (Å²) in [6, 6.07) is 5.62. The smallest absolute Gasteiger partial charge is 0.252 e. The van der Waals surface area contributed by atoms with Gasteiger partial charge in [0.15, 0.2) is 0 Å². The molecule has 5 heteroatoms. The van der Waals surface area contributed by atoms with Crippen LogP contribution in [0.25, 0.3) is 0 Å². The zero-order valence-corrected chi connectivity index (χ0v) is 9.47. The lowest BCUT2D eigenvalue weighted by atomic mass is 9.99. The van der Waals surface area contributed by atoms with E-state index in [0.717, 1.165) is 19.4 Å². The van der Waals surface area contributed by atoms with E-state index in [1.807, 2.05) is 4.90 Å². The minimum Gasteiger partial charge on any atom is -0.365 e. The molecule has 0 spiro atoms. The van der Waals surface area contributed by atoms with Gasteiger partial charge < -0.3 is 10.6 Å². The van der Waals surface area contributed by atoms with Crippen molar-refractivity contribution in [1.82, 2.24) is 4.98 Å². The average Bonchev–Trinajstić information content (AvgIpc) is 2.39. The first kappa shape index (κ1) is 11.4. The number of hydrogen-bond acceptors (Lipinski definition) is 4. The van der Waals surface area contributed by atoms with E-state index < -0.39 is 5.91 Å². The molecule has 1 aromatic rings. The number of hydrogen-bond donors (Lipinski definition) is 1. The molecule has 0 aromatic carbocycles. The predicted octanol–water partition coefficient (Wildman–Crippen LogP) is 0.920. The molecular formula is C12H14N4O. The van der Waals surface area contributed by atoms with Crippen LogP contribution in [-0.2, 0) is 0 Å². The molecule has 5 nitrogen and oxygen atoms in total. The van der Waals surface area contributed by atoms with Crippen LogP contribution in [0.4, 0.5) is 5.82 Å². The summed E-state index contributed by atoms with van der Waals surface area (Å²) in [4.78, 5) is 17.5. The number of piperidine rings is 1. The first-order valence-corrected chi connectivity index (χ1v) is 5.61. The van der Waals surface area contributed by atoms with Crippen molar-refractivity contribution in [1.29, 1.82) is 5.26 Å². The van der Waals surface area contributed by atoms with Gasteiger partial charge in [-0.3, -0.25) is 4.79 Å². The van der Waals surface area contributed by atoms with E-state index in [1.165, 1.54) is 0 Å². The van der Waals surface area contributed by atoms with Gasteiger partial charge in [0.2, 0.25) is 0 Å². The first-order chi connectivity index (χ1) is 8.22. The Labute approximate surface area is 99.9 Å². The Hall–Kier alpha value is -2.09. The second kappa shape index (κ2) is 4.83. The van der Waals surface area contributed by atoms with Crippen LogP contribution in [-0.4, -0.2) is 24.0 Å². The number of rotatable bonds is 2. The summed E-state index contributed by atoms with van der Waals surface area (Å²) in [6.07, 6.45) is 3.48. The number of carbonyl (C=O) groups excluding carboxylic acids is 1. The minimum absolute atomic E-state index is 0.00600. The van der Waals surface area contributed by atoms with Crippen molar-refractivity contribution in [3.05, 3.63) is 23.9 Å². The second-order valence-corrected chi connectivity index (χ2v) is 4.15. The minimum atomic E-state index is -0.479. The summed E-state index contributed by atoms with van der Waals surface area (Å²) in [5.74, 6) is 0.124. The molecule has 2 rings (SSSR count). The highest BCUT2D eigenvalue weighted by Gasteiger charge is 2.23. The molecule has 1 unspecified atom stereocenters. The number of aromatic nitrogens is 1. The predicted molar refractivity (Wildman–Crippen MR) is 63.3 cm³/mol. The zero-order valence-electron chi connectivity index (χ0n) is 9.47. The Morgan fingerprint density at radius 1 is 1.65 bits per heavy atom. The summed E-state index contributed by atoms with van der Waals surface area (Å²) in [5, 5.41) is 8.95. The van der Waals surface area contributed by atoms with Gasteiger partial charge in [-0.2, -0.15) is 5.26 Å². The van der Waals surface area contributed by atoms with Crippen molar-refractivity contribution < 1.29 is 4.79 Å². The molecule has 1 amide bonds. The lowest BCUT2D eigenvalue weighted by molar-refractivity contribution is 0.100. The van der Waals surface area contributed by atoms with Gasteiger partial charge in [0.25, 0.3) is 5.91 Å². The zero-order chi connectivity index (χ0) is 12.3. The Kier molecular flexibility index (Phi) is 3.24. The maximum absolute atomic E-state index is 11.3. The first-order valence-electron chi connectivity index (χ1n) is 5.61. The van der Waals surface area contributed by atoms with Gasteiger partial charge in [-0.25, -0.2) is 4.98 Å².